The molecule has 112 valence electrons. The first kappa shape index (κ1) is 14.4. The Labute approximate surface area is 129 Å². The summed E-state index contributed by atoms with van der Waals surface area (Å²) in [6.45, 7) is 2.65. The average molecular weight is 293 g/mol. The molecule has 0 aliphatic rings. The van der Waals surface area contributed by atoms with Gasteiger partial charge in [-0.2, -0.15) is 0 Å². The first-order valence-electron chi connectivity index (χ1n) is 7.28. The number of benzene rings is 2. The van der Waals surface area contributed by atoms with Crippen molar-refractivity contribution in [1.82, 2.24) is 15.4 Å². The van der Waals surface area contributed by atoms with Crippen LogP contribution in [0.3, 0.4) is 0 Å². The maximum Gasteiger partial charge on any atom is 0.282 e. The lowest BCUT2D eigenvalue weighted by Crippen LogP contribution is -2.37. The van der Waals surface area contributed by atoms with E-state index < -0.39 is 0 Å². The maximum atomic E-state index is 12.3. The van der Waals surface area contributed by atoms with Crippen molar-refractivity contribution in [1.29, 1.82) is 0 Å². The van der Waals surface area contributed by atoms with E-state index in [1.54, 1.807) is 0 Å². The van der Waals surface area contributed by atoms with Gasteiger partial charge in [0.15, 0.2) is 0 Å². The molecule has 1 amide bonds. The minimum Gasteiger partial charge on any atom is -0.340 e. The van der Waals surface area contributed by atoms with Crippen LogP contribution in [-0.4, -0.2) is 10.5 Å². The number of amides is 1. The number of nitrogens with zero attached hydrogens (tertiary/aromatic N) is 1. The van der Waals surface area contributed by atoms with Crippen LogP contribution in [0.5, 0.6) is 0 Å². The molecule has 22 heavy (non-hydrogen) atoms. The van der Waals surface area contributed by atoms with E-state index in [0.29, 0.717) is 12.2 Å². The van der Waals surface area contributed by atoms with Gasteiger partial charge in [0.25, 0.3) is 5.91 Å². The molecule has 0 atom stereocenters. The van der Waals surface area contributed by atoms with Crippen LogP contribution in [0, 0.1) is 6.92 Å². The normalized spacial score (nSPS) is 10.8. The zero-order valence-corrected chi connectivity index (χ0v) is 12.8. The highest BCUT2D eigenvalue weighted by atomic mass is 16.2. The van der Waals surface area contributed by atoms with E-state index in [9.17, 15) is 4.79 Å². The monoisotopic (exact) mass is 293 g/mol. The Hall–Kier alpha value is -2.59. The third-order valence-corrected chi connectivity index (χ3v) is 3.80. The molecule has 3 rings (SSSR count). The fraction of sp³-hybridized carbons (Fsp3) is 0.167. The minimum atomic E-state index is -0.134. The Morgan fingerprint density at radius 3 is 2.55 bits per heavy atom. The van der Waals surface area contributed by atoms with Crippen molar-refractivity contribution in [3.05, 3.63) is 71.4 Å². The summed E-state index contributed by atoms with van der Waals surface area (Å²) in [5.74, 6) is -0.134. The summed E-state index contributed by atoms with van der Waals surface area (Å²) >= 11 is 0. The SMILES string of the molecule is Cc1ccc(CNNC(=O)c2cc3ccccc3n2C)cc1. The third kappa shape index (κ3) is 2.87. The summed E-state index contributed by atoms with van der Waals surface area (Å²) in [5, 5.41) is 1.06. The van der Waals surface area contributed by atoms with E-state index in [2.05, 4.69) is 29.9 Å². The third-order valence-electron chi connectivity index (χ3n) is 3.80. The van der Waals surface area contributed by atoms with Crippen LogP contribution in [0.1, 0.15) is 21.6 Å². The van der Waals surface area contributed by atoms with Gasteiger partial charge in [0, 0.05) is 24.5 Å². The number of rotatable bonds is 4. The van der Waals surface area contributed by atoms with Gasteiger partial charge in [-0.3, -0.25) is 10.2 Å². The molecule has 0 spiro atoms. The molecule has 0 fully saturated rings. The molecule has 0 bridgehead atoms. The van der Waals surface area contributed by atoms with Crippen LogP contribution >= 0.6 is 0 Å². The summed E-state index contributed by atoms with van der Waals surface area (Å²) < 4.78 is 1.90. The number of aromatic nitrogens is 1. The average Bonchev–Trinajstić information content (AvgIpc) is 2.87. The number of fused-ring (bicyclic) bond motifs is 1. The first-order chi connectivity index (χ1) is 10.6. The van der Waals surface area contributed by atoms with Gasteiger partial charge >= 0.3 is 0 Å². The molecule has 0 aliphatic carbocycles. The van der Waals surface area contributed by atoms with Gasteiger partial charge in [-0.25, -0.2) is 5.43 Å². The van der Waals surface area contributed by atoms with Crippen LogP contribution in [0.25, 0.3) is 10.9 Å². The predicted octanol–water partition coefficient (Wildman–Crippen LogP) is 2.92. The van der Waals surface area contributed by atoms with Crippen molar-refractivity contribution >= 4 is 16.8 Å². The first-order valence-corrected chi connectivity index (χ1v) is 7.28. The second kappa shape index (κ2) is 6.03. The minimum absolute atomic E-state index is 0.134. The Kier molecular flexibility index (Phi) is 3.94. The topological polar surface area (TPSA) is 46.1 Å². The molecule has 3 aromatic rings. The van der Waals surface area contributed by atoms with E-state index in [1.807, 2.05) is 54.1 Å². The van der Waals surface area contributed by atoms with E-state index in [4.69, 9.17) is 0 Å². The predicted molar refractivity (Wildman–Crippen MR) is 88.4 cm³/mol. The van der Waals surface area contributed by atoms with Crippen molar-refractivity contribution in [3.8, 4) is 0 Å². The molecule has 2 N–H and O–H groups in total. The van der Waals surface area contributed by atoms with Gasteiger partial charge in [-0.1, -0.05) is 48.0 Å². The molecule has 0 radical (unpaired) electrons. The van der Waals surface area contributed by atoms with Gasteiger partial charge in [-0.15, -0.1) is 0 Å². The fourth-order valence-electron chi connectivity index (χ4n) is 2.50. The molecular weight excluding hydrogens is 274 g/mol. The van der Waals surface area contributed by atoms with Gasteiger partial charge < -0.3 is 4.57 Å². The number of hydrogen-bond acceptors (Lipinski definition) is 2. The molecule has 4 nitrogen and oxygen atoms in total. The summed E-state index contributed by atoms with van der Waals surface area (Å²) in [6.07, 6.45) is 0. The molecule has 1 heterocycles. The number of carbonyl (C=O) groups excluding carboxylic acids is 1. The smallest absolute Gasteiger partial charge is 0.282 e. The largest absolute Gasteiger partial charge is 0.340 e. The van der Waals surface area contributed by atoms with Gasteiger partial charge in [0.1, 0.15) is 5.69 Å². The highest BCUT2D eigenvalue weighted by Crippen LogP contribution is 2.17. The van der Waals surface area contributed by atoms with Gasteiger partial charge in [0.2, 0.25) is 0 Å². The highest BCUT2D eigenvalue weighted by Gasteiger charge is 2.12. The van der Waals surface area contributed by atoms with E-state index in [-0.39, 0.29) is 5.91 Å². The van der Waals surface area contributed by atoms with Crippen LogP contribution in [0.2, 0.25) is 0 Å². The lowest BCUT2D eigenvalue weighted by atomic mass is 10.1. The summed E-state index contributed by atoms with van der Waals surface area (Å²) in [7, 11) is 1.90. The Balaban J connectivity index is 1.66. The number of aryl methyl sites for hydroxylation is 2. The highest BCUT2D eigenvalue weighted by molar-refractivity contribution is 5.98. The Morgan fingerprint density at radius 2 is 1.82 bits per heavy atom. The molecule has 0 saturated carbocycles. The summed E-state index contributed by atoms with van der Waals surface area (Å²) in [5.41, 5.74) is 9.77. The van der Waals surface area contributed by atoms with Crippen LogP contribution in [0.4, 0.5) is 0 Å². The second-order valence-electron chi connectivity index (χ2n) is 5.44. The number of para-hydroxylation sites is 1. The zero-order valence-electron chi connectivity index (χ0n) is 12.8. The molecule has 1 aromatic heterocycles. The van der Waals surface area contributed by atoms with Gasteiger partial charge in [0.05, 0.1) is 0 Å². The van der Waals surface area contributed by atoms with Crippen LogP contribution < -0.4 is 10.9 Å². The van der Waals surface area contributed by atoms with Crippen molar-refractivity contribution in [3.63, 3.8) is 0 Å². The number of hydrogen-bond donors (Lipinski definition) is 2. The Morgan fingerprint density at radius 1 is 1.09 bits per heavy atom. The molecule has 4 heteroatoms. The van der Waals surface area contributed by atoms with E-state index >= 15 is 0 Å². The standard InChI is InChI=1S/C18H19N3O/c1-13-7-9-14(10-8-13)12-19-20-18(22)17-11-15-5-3-4-6-16(15)21(17)2/h3-11,19H,12H2,1-2H3,(H,20,22). The molecule has 0 unspecified atom stereocenters. The van der Waals surface area contributed by atoms with Crippen LogP contribution in [-0.2, 0) is 13.6 Å². The summed E-state index contributed by atoms with van der Waals surface area (Å²) in [6, 6.07) is 18.1. The van der Waals surface area contributed by atoms with Gasteiger partial charge in [-0.05, 0) is 24.6 Å². The molecular formula is C18H19N3O. The number of nitrogens with one attached hydrogen (secondary N) is 2. The van der Waals surface area contributed by atoms with Crippen molar-refractivity contribution in [2.45, 2.75) is 13.5 Å². The van der Waals surface area contributed by atoms with Crippen LogP contribution in [0.15, 0.2) is 54.6 Å². The lowest BCUT2D eigenvalue weighted by Gasteiger charge is -2.08. The number of hydrazine groups is 1. The van der Waals surface area contributed by atoms with Crippen molar-refractivity contribution < 1.29 is 4.79 Å². The second-order valence-corrected chi connectivity index (χ2v) is 5.44. The number of carbonyl (C=O) groups is 1. The molecule has 0 aliphatic heterocycles. The quantitative estimate of drug-likeness (QED) is 0.727. The van der Waals surface area contributed by atoms with E-state index in [1.165, 1.54) is 5.56 Å². The molecule has 2 aromatic carbocycles. The summed E-state index contributed by atoms with van der Waals surface area (Å²) in [4.78, 5) is 12.3. The van der Waals surface area contributed by atoms with Crippen molar-refractivity contribution in [2.75, 3.05) is 0 Å². The Bertz CT molecular complexity index is 803. The lowest BCUT2D eigenvalue weighted by molar-refractivity contribution is 0.0924. The van der Waals surface area contributed by atoms with E-state index in [0.717, 1.165) is 16.5 Å². The van der Waals surface area contributed by atoms with Crippen molar-refractivity contribution in [2.24, 2.45) is 7.05 Å². The molecule has 0 saturated heterocycles. The zero-order chi connectivity index (χ0) is 15.5. The maximum absolute atomic E-state index is 12.3. The fourth-order valence-corrected chi connectivity index (χ4v) is 2.50.